The van der Waals surface area contributed by atoms with Gasteiger partial charge in [0.1, 0.15) is 11.9 Å². The van der Waals surface area contributed by atoms with Crippen LogP contribution < -0.4 is 11.3 Å². The highest BCUT2D eigenvalue weighted by atomic mass is 32.1. The van der Waals surface area contributed by atoms with Crippen molar-refractivity contribution in [1.82, 2.24) is 10.2 Å². The van der Waals surface area contributed by atoms with Gasteiger partial charge in [0, 0.05) is 4.88 Å². The summed E-state index contributed by atoms with van der Waals surface area (Å²) in [6.07, 6.45) is 4.13. The van der Waals surface area contributed by atoms with Crippen molar-refractivity contribution in [3.8, 4) is 6.07 Å². The fraction of sp³-hybridized carbons (Fsp3) is 0.333. The van der Waals surface area contributed by atoms with Crippen molar-refractivity contribution in [2.45, 2.75) is 25.7 Å². The molecular formula is C12H12N6OS. The van der Waals surface area contributed by atoms with Crippen molar-refractivity contribution in [2.24, 2.45) is 10.2 Å². The monoisotopic (exact) mass is 288 g/mol. The van der Waals surface area contributed by atoms with Gasteiger partial charge in [-0.2, -0.15) is 5.26 Å². The lowest BCUT2D eigenvalue weighted by Gasteiger charge is -2.09. The van der Waals surface area contributed by atoms with E-state index in [2.05, 4.69) is 26.5 Å². The molecule has 0 fully saturated rings. The van der Waals surface area contributed by atoms with E-state index in [0.717, 1.165) is 31.2 Å². The lowest BCUT2D eigenvalue weighted by atomic mass is 9.96. The average molecular weight is 288 g/mol. The molecule has 8 heteroatoms. The molecule has 0 radical (unpaired) electrons. The molecule has 1 aliphatic rings. The second-order valence-corrected chi connectivity index (χ2v) is 5.63. The number of rotatable bonds is 2. The zero-order chi connectivity index (χ0) is 14.1. The molecule has 3 rings (SSSR count). The summed E-state index contributed by atoms with van der Waals surface area (Å²) in [5.41, 5.74) is 6.86. The molecule has 2 aromatic rings. The van der Waals surface area contributed by atoms with Crippen LogP contribution in [-0.2, 0) is 12.8 Å². The van der Waals surface area contributed by atoms with Crippen LogP contribution in [0.5, 0.6) is 0 Å². The second kappa shape index (κ2) is 4.94. The van der Waals surface area contributed by atoms with Crippen molar-refractivity contribution >= 4 is 27.8 Å². The van der Waals surface area contributed by atoms with Crippen LogP contribution in [0, 0.1) is 11.3 Å². The van der Waals surface area contributed by atoms with Crippen molar-refractivity contribution in [3.05, 3.63) is 26.4 Å². The first-order valence-electron chi connectivity index (χ1n) is 6.23. The molecule has 4 N–H and O–H groups in total. The Balaban J connectivity index is 2.02. The Bertz CT molecular complexity index is 775. The van der Waals surface area contributed by atoms with Gasteiger partial charge >= 0.3 is 0 Å². The Kier molecular flexibility index (Phi) is 3.12. The van der Waals surface area contributed by atoms with Gasteiger partial charge in [0.2, 0.25) is 0 Å². The number of hydrogen-bond donors (Lipinski definition) is 3. The van der Waals surface area contributed by atoms with E-state index in [4.69, 9.17) is 5.73 Å². The number of nitrogens with one attached hydrogen (secondary N) is 2. The predicted octanol–water partition coefficient (Wildman–Crippen LogP) is 2.51. The molecule has 1 aliphatic carbocycles. The number of nitriles is 1. The molecule has 0 aromatic carbocycles. The largest absolute Gasteiger partial charge is 0.382 e. The maximum atomic E-state index is 11.4. The molecule has 102 valence electrons. The summed E-state index contributed by atoms with van der Waals surface area (Å²) >= 11 is 1.47. The highest BCUT2D eigenvalue weighted by Crippen LogP contribution is 2.39. The van der Waals surface area contributed by atoms with Crippen LogP contribution in [-0.4, -0.2) is 10.2 Å². The van der Waals surface area contributed by atoms with E-state index in [-0.39, 0.29) is 11.5 Å². The topological polar surface area (TPSA) is 123 Å². The van der Waals surface area contributed by atoms with Crippen LogP contribution in [0.2, 0.25) is 0 Å². The normalized spacial score (nSPS) is 14.3. The Labute approximate surface area is 118 Å². The fourth-order valence-electron chi connectivity index (χ4n) is 2.30. The van der Waals surface area contributed by atoms with Crippen LogP contribution >= 0.6 is 11.3 Å². The third kappa shape index (κ3) is 2.02. The zero-order valence-corrected chi connectivity index (χ0v) is 11.4. The molecule has 0 bridgehead atoms. The highest BCUT2D eigenvalue weighted by molar-refractivity contribution is 7.16. The molecule has 2 heterocycles. The number of fused-ring (bicyclic) bond motifs is 1. The van der Waals surface area contributed by atoms with Crippen molar-refractivity contribution in [3.63, 3.8) is 0 Å². The minimum atomic E-state index is -0.425. The minimum absolute atomic E-state index is 0.0419. The van der Waals surface area contributed by atoms with Crippen LogP contribution in [0.1, 0.15) is 28.8 Å². The van der Waals surface area contributed by atoms with Crippen molar-refractivity contribution < 1.29 is 0 Å². The number of nitrogens with two attached hydrogens (primary N) is 1. The summed E-state index contributed by atoms with van der Waals surface area (Å²) in [6, 6.07) is 2.19. The molecule has 2 aromatic heterocycles. The van der Waals surface area contributed by atoms with E-state index < -0.39 is 5.56 Å². The standard InChI is InChI=1S/C12H12N6OS/c13-5-7-6-3-1-2-4-8(6)20-12(7)18-15-9-10(14)16-17-11(9)19/h1-4H2,(H4,14,16,17,19). The molecule has 7 nitrogen and oxygen atoms in total. The number of aryl methyl sites for hydroxylation is 1. The lowest BCUT2D eigenvalue weighted by Crippen LogP contribution is -1.99. The first-order chi connectivity index (χ1) is 9.70. The smallest absolute Gasteiger partial charge is 0.293 e. The molecule has 20 heavy (non-hydrogen) atoms. The quantitative estimate of drug-likeness (QED) is 0.735. The van der Waals surface area contributed by atoms with Gasteiger partial charge in [0.05, 0.1) is 5.56 Å². The van der Waals surface area contributed by atoms with Gasteiger partial charge in [-0.15, -0.1) is 21.6 Å². The summed E-state index contributed by atoms with van der Waals surface area (Å²) < 4.78 is 0. The molecule has 0 amide bonds. The lowest BCUT2D eigenvalue weighted by molar-refractivity contribution is 0.696. The molecule has 0 spiro atoms. The maximum Gasteiger partial charge on any atom is 0.293 e. The van der Waals surface area contributed by atoms with Crippen LogP contribution in [0.3, 0.4) is 0 Å². The fourth-order valence-corrected chi connectivity index (χ4v) is 3.46. The predicted molar refractivity (Wildman–Crippen MR) is 75.7 cm³/mol. The maximum absolute atomic E-state index is 11.4. The van der Waals surface area contributed by atoms with Crippen LogP contribution in [0.25, 0.3) is 0 Å². The van der Waals surface area contributed by atoms with Crippen LogP contribution in [0.15, 0.2) is 15.0 Å². The van der Waals surface area contributed by atoms with Crippen molar-refractivity contribution in [1.29, 1.82) is 5.26 Å². The Hall–Kier alpha value is -2.40. The van der Waals surface area contributed by atoms with Crippen LogP contribution in [0.4, 0.5) is 16.5 Å². The SMILES string of the molecule is N#Cc1c(N=Nc2c(N)[nH][nH]c2=O)sc2c1CCCC2. The van der Waals surface area contributed by atoms with Gasteiger partial charge in [0.15, 0.2) is 10.7 Å². The Morgan fingerprint density at radius 2 is 2.05 bits per heavy atom. The summed E-state index contributed by atoms with van der Waals surface area (Å²) in [4.78, 5) is 12.6. The van der Waals surface area contributed by atoms with Gasteiger partial charge in [0.25, 0.3) is 5.56 Å². The van der Waals surface area contributed by atoms with E-state index in [1.165, 1.54) is 16.2 Å². The van der Waals surface area contributed by atoms with E-state index in [1.807, 2.05) is 0 Å². The molecule has 0 atom stereocenters. The number of anilines is 1. The summed E-state index contributed by atoms with van der Waals surface area (Å²) in [5.74, 6) is 0.138. The van der Waals surface area contributed by atoms with E-state index >= 15 is 0 Å². The number of nitrogen functional groups attached to an aromatic ring is 1. The summed E-state index contributed by atoms with van der Waals surface area (Å²) in [5, 5.41) is 22.6. The van der Waals surface area contributed by atoms with Gasteiger partial charge in [-0.25, -0.2) is 0 Å². The van der Waals surface area contributed by atoms with Gasteiger partial charge in [-0.1, -0.05) is 0 Å². The number of hydrogen-bond acceptors (Lipinski definition) is 6. The second-order valence-electron chi connectivity index (χ2n) is 4.54. The number of aromatic amines is 2. The Morgan fingerprint density at radius 3 is 2.75 bits per heavy atom. The van der Waals surface area contributed by atoms with E-state index in [9.17, 15) is 10.1 Å². The molecule has 0 unspecified atom stereocenters. The first kappa shape index (κ1) is 12.6. The minimum Gasteiger partial charge on any atom is -0.382 e. The van der Waals surface area contributed by atoms with Gasteiger partial charge < -0.3 is 5.73 Å². The number of azo groups is 1. The van der Waals surface area contributed by atoms with Gasteiger partial charge in [-0.05, 0) is 31.2 Å². The first-order valence-corrected chi connectivity index (χ1v) is 7.05. The molecule has 0 aliphatic heterocycles. The molecular weight excluding hydrogens is 276 g/mol. The number of thiophene rings is 1. The third-order valence-electron chi connectivity index (χ3n) is 3.29. The summed E-state index contributed by atoms with van der Waals surface area (Å²) in [6.45, 7) is 0. The number of nitrogens with zero attached hydrogens (tertiary/aromatic N) is 3. The number of aromatic nitrogens is 2. The van der Waals surface area contributed by atoms with Crippen molar-refractivity contribution in [2.75, 3.05) is 5.73 Å². The zero-order valence-electron chi connectivity index (χ0n) is 10.6. The molecule has 0 saturated heterocycles. The third-order valence-corrected chi connectivity index (χ3v) is 4.46. The summed E-state index contributed by atoms with van der Waals surface area (Å²) in [7, 11) is 0. The van der Waals surface area contributed by atoms with Gasteiger partial charge in [-0.3, -0.25) is 15.0 Å². The average Bonchev–Trinajstić information content (AvgIpc) is 2.97. The number of H-pyrrole nitrogens is 2. The Morgan fingerprint density at radius 1 is 1.25 bits per heavy atom. The van der Waals surface area contributed by atoms with E-state index in [1.54, 1.807) is 0 Å². The highest BCUT2D eigenvalue weighted by Gasteiger charge is 2.20. The molecule has 0 saturated carbocycles. The van der Waals surface area contributed by atoms with E-state index in [0.29, 0.717) is 10.6 Å².